The van der Waals surface area contributed by atoms with Gasteiger partial charge in [0.25, 0.3) is 5.91 Å². The highest BCUT2D eigenvalue weighted by molar-refractivity contribution is 14.1. The van der Waals surface area contributed by atoms with Gasteiger partial charge in [-0.05, 0) is 52.9 Å². The maximum Gasteiger partial charge on any atom is 0.252 e. The monoisotopic (exact) mass is 489 g/mol. The summed E-state index contributed by atoms with van der Waals surface area (Å²) < 4.78 is 17.3. The van der Waals surface area contributed by atoms with Gasteiger partial charge in [0, 0.05) is 15.7 Å². The van der Waals surface area contributed by atoms with E-state index in [-0.39, 0.29) is 5.91 Å². The van der Waals surface area contributed by atoms with E-state index in [9.17, 15) is 4.79 Å². The van der Waals surface area contributed by atoms with Crippen LogP contribution in [-0.2, 0) is 6.54 Å². The number of carbonyl (C=O) groups is 1. The number of ether oxygens (including phenoxy) is 3. The highest BCUT2D eigenvalue weighted by atomic mass is 127. The number of nitrogens with one attached hydrogen (secondary N) is 1. The molecular weight excluding hydrogens is 469 g/mol. The zero-order chi connectivity index (χ0) is 19.9. The summed E-state index contributed by atoms with van der Waals surface area (Å²) >= 11 is 2.11. The van der Waals surface area contributed by atoms with E-state index in [1.165, 1.54) is 0 Å². The fourth-order valence-corrected chi connectivity index (χ4v) is 3.35. The average molecular weight is 489 g/mol. The minimum absolute atomic E-state index is 0.195. The Bertz CT molecular complexity index is 960. The highest BCUT2D eigenvalue weighted by Gasteiger charge is 2.16. The summed E-state index contributed by atoms with van der Waals surface area (Å²) in [4.78, 5) is 12.7. The largest absolute Gasteiger partial charge is 0.493 e. The van der Waals surface area contributed by atoms with Crippen molar-refractivity contribution in [3.8, 4) is 23.0 Å². The molecule has 5 nitrogen and oxygen atoms in total. The van der Waals surface area contributed by atoms with Gasteiger partial charge in [0.05, 0.1) is 19.8 Å². The lowest BCUT2D eigenvalue weighted by atomic mass is 10.1. The molecule has 3 rings (SSSR count). The summed E-state index contributed by atoms with van der Waals surface area (Å²) in [6, 6.07) is 20.6. The fourth-order valence-electron chi connectivity index (χ4n) is 2.66. The molecule has 0 atom stereocenters. The third-order valence-electron chi connectivity index (χ3n) is 4.10. The molecule has 0 fully saturated rings. The van der Waals surface area contributed by atoms with Gasteiger partial charge in [-0.2, -0.15) is 0 Å². The summed E-state index contributed by atoms with van der Waals surface area (Å²) in [5, 5.41) is 2.95. The molecule has 144 valence electrons. The third-order valence-corrected chi connectivity index (χ3v) is 4.99. The van der Waals surface area contributed by atoms with Crippen molar-refractivity contribution in [2.24, 2.45) is 0 Å². The topological polar surface area (TPSA) is 56.8 Å². The zero-order valence-electron chi connectivity index (χ0n) is 15.6. The van der Waals surface area contributed by atoms with E-state index < -0.39 is 0 Å². The molecule has 0 saturated heterocycles. The Morgan fingerprint density at radius 3 is 2.25 bits per heavy atom. The summed E-state index contributed by atoms with van der Waals surface area (Å²) in [7, 11) is 3.11. The fraction of sp³-hybridized carbons (Fsp3) is 0.136. The van der Waals surface area contributed by atoms with E-state index in [4.69, 9.17) is 14.2 Å². The predicted octanol–water partition coefficient (Wildman–Crippen LogP) is 5.03. The number of halogens is 1. The van der Waals surface area contributed by atoms with Crippen molar-refractivity contribution in [1.29, 1.82) is 0 Å². The van der Waals surface area contributed by atoms with Crippen molar-refractivity contribution in [3.05, 3.63) is 81.4 Å². The van der Waals surface area contributed by atoms with Crippen LogP contribution in [0.4, 0.5) is 0 Å². The quantitative estimate of drug-likeness (QED) is 0.473. The molecule has 1 amide bonds. The molecule has 0 aromatic heterocycles. The van der Waals surface area contributed by atoms with Crippen LogP contribution < -0.4 is 19.5 Å². The Kier molecular flexibility index (Phi) is 6.76. The van der Waals surface area contributed by atoms with Crippen LogP contribution >= 0.6 is 22.6 Å². The van der Waals surface area contributed by atoms with Gasteiger partial charge in [-0.15, -0.1) is 0 Å². The Morgan fingerprint density at radius 1 is 0.893 bits per heavy atom. The summed E-state index contributed by atoms with van der Waals surface area (Å²) in [5.74, 6) is 2.36. The van der Waals surface area contributed by atoms with E-state index >= 15 is 0 Å². The van der Waals surface area contributed by atoms with E-state index in [0.717, 1.165) is 14.9 Å². The lowest BCUT2D eigenvalue weighted by Crippen LogP contribution is -2.24. The summed E-state index contributed by atoms with van der Waals surface area (Å²) in [6.45, 7) is 0.340. The van der Waals surface area contributed by atoms with E-state index in [0.29, 0.717) is 29.4 Å². The van der Waals surface area contributed by atoms with Crippen molar-refractivity contribution in [2.75, 3.05) is 14.2 Å². The van der Waals surface area contributed by atoms with Crippen molar-refractivity contribution in [1.82, 2.24) is 5.32 Å². The molecule has 0 aliphatic carbocycles. The van der Waals surface area contributed by atoms with Gasteiger partial charge < -0.3 is 19.5 Å². The Labute approximate surface area is 177 Å². The Balaban J connectivity index is 1.75. The standard InChI is InChI=1S/C22H20INO4/c1-26-20-12-17(18(23)13-21(20)27-2)22(25)24-14-15-8-6-7-11-19(15)28-16-9-4-3-5-10-16/h3-13H,14H2,1-2H3,(H,24,25). The van der Waals surface area contributed by atoms with Crippen LogP contribution in [-0.4, -0.2) is 20.1 Å². The lowest BCUT2D eigenvalue weighted by Gasteiger charge is -2.14. The maximum atomic E-state index is 12.7. The summed E-state index contributed by atoms with van der Waals surface area (Å²) in [6.07, 6.45) is 0. The molecule has 0 aliphatic rings. The van der Waals surface area contributed by atoms with Crippen molar-refractivity contribution in [2.45, 2.75) is 6.54 Å². The Hall–Kier alpha value is -2.74. The van der Waals surface area contributed by atoms with Crippen molar-refractivity contribution in [3.63, 3.8) is 0 Å². The Morgan fingerprint density at radius 2 is 1.54 bits per heavy atom. The molecule has 0 aliphatic heterocycles. The maximum absolute atomic E-state index is 12.7. The normalized spacial score (nSPS) is 10.2. The molecule has 3 aromatic carbocycles. The molecule has 1 N–H and O–H groups in total. The van der Waals surface area contributed by atoms with E-state index in [2.05, 4.69) is 27.9 Å². The van der Waals surface area contributed by atoms with Crippen LogP contribution in [0.2, 0.25) is 0 Å². The predicted molar refractivity (Wildman–Crippen MR) is 116 cm³/mol. The van der Waals surface area contributed by atoms with Gasteiger partial charge in [0.2, 0.25) is 0 Å². The molecule has 0 heterocycles. The molecule has 3 aromatic rings. The molecule has 0 radical (unpaired) electrons. The van der Waals surface area contributed by atoms with Gasteiger partial charge in [0.1, 0.15) is 11.5 Å². The number of benzene rings is 3. The third kappa shape index (κ3) is 4.75. The van der Waals surface area contributed by atoms with Crippen molar-refractivity contribution >= 4 is 28.5 Å². The van der Waals surface area contributed by atoms with Gasteiger partial charge in [-0.3, -0.25) is 4.79 Å². The number of amides is 1. The molecule has 0 bridgehead atoms. The smallest absolute Gasteiger partial charge is 0.252 e. The number of hydrogen-bond donors (Lipinski definition) is 1. The van der Waals surface area contributed by atoms with E-state index in [1.807, 2.05) is 54.6 Å². The number of methoxy groups -OCH3 is 2. The minimum atomic E-state index is -0.195. The second-order valence-corrected chi connectivity index (χ2v) is 7.05. The molecule has 0 saturated carbocycles. The number of carbonyl (C=O) groups excluding carboxylic acids is 1. The van der Waals surface area contributed by atoms with Crippen molar-refractivity contribution < 1.29 is 19.0 Å². The van der Waals surface area contributed by atoms with Crippen LogP contribution in [0.5, 0.6) is 23.0 Å². The summed E-state index contributed by atoms with van der Waals surface area (Å²) in [5.41, 5.74) is 1.41. The lowest BCUT2D eigenvalue weighted by molar-refractivity contribution is 0.0949. The second kappa shape index (κ2) is 9.45. The highest BCUT2D eigenvalue weighted by Crippen LogP contribution is 2.31. The molecule has 28 heavy (non-hydrogen) atoms. The van der Waals surface area contributed by atoms with Gasteiger partial charge in [0.15, 0.2) is 11.5 Å². The first-order chi connectivity index (χ1) is 13.6. The van der Waals surface area contributed by atoms with Crippen LogP contribution in [0.25, 0.3) is 0 Å². The van der Waals surface area contributed by atoms with Gasteiger partial charge in [-0.1, -0.05) is 36.4 Å². The van der Waals surface area contributed by atoms with Gasteiger partial charge in [-0.25, -0.2) is 0 Å². The minimum Gasteiger partial charge on any atom is -0.493 e. The van der Waals surface area contributed by atoms with Gasteiger partial charge >= 0.3 is 0 Å². The number of rotatable bonds is 7. The zero-order valence-corrected chi connectivity index (χ0v) is 17.7. The first-order valence-corrected chi connectivity index (χ1v) is 9.70. The van der Waals surface area contributed by atoms with Crippen LogP contribution in [0, 0.1) is 3.57 Å². The second-order valence-electron chi connectivity index (χ2n) is 5.89. The van der Waals surface area contributed by atoms with E-state index in [1.54, 1.807) is 26.4 Å². The van der Waals surface area contributed by atoms with Crippen LogP contribution in [0.15, 0.2) is 66.7 Å². The average Bonchev–Trinajstić information content (AvgIpc) is 2.73. The first kappa shape index (κ1) is 20.0. The first-order valence-electron chi connectivity index (χ1n) is 8.63. The SMILES string of the molecule is COc1cc(I)c(C(=O)NCc2ccccc2Oc2ccccc2)cc1OC. The number of para-hydroxylation sites is 2. The molecule has 0 spiro atoms. The molecular formula is C22H20INO4. The number of hydrogen-bond acceptors (Lipinski definition) is 4. The van der Waals surface area contributed by atoms with Crippen LogP contribution in [0.3, 0.4) is 0 Å². The molecule has 0 unspecified atom stereocenters. The van der Waals surface area contributed by atoms with Crippen LogP contribution in [0.1, 0.15) is 15.9 Å². The molecule has 6 heteroatoms.